The van der Waals surface area contributed by atoms with Gasteiger partial charge in [-0.1, -0.05) is 366 Å². The number of ether oxygens (including phenoxy) is 2. The second kappa shape index (κ2) is 67.2. The summed E-state index contributed by atoms with van der Waals surface area (Å²) < 4.78 is 34.3. The van der Waals surface area contributed by atoms with Gasteiger partial charge in [0.2, 0.25) is 0 Å². The van der Waals surface area contributed by atoms with E-state index in [0.717, 1.165) is 32.1 Å². The summed E-state index contributed by atoms with van der Waals surface area (Å²) in [6.45, 7) is 4.33. The van der Waals surface area contributed by atoms with Gasteiger partial charge >= 0.3 is 11.9 Å². The van der Waals surface area contributed by atoms with E-state index in [0.29, 0.717) is 17.4 Å². The molecule has 0 aliphatic heterocycles. The number of carbonyl (C=O) groups excluding carboxylic acids is 2. The molecule has 2 unspecified atom stereocenters. The number of esters is 2. The molecule has 0 bridgehead atoms. The first-order valence-corrected chi connectivity index (χ1v) is 39.4. The molecule has 2 atom stereocenters. The number of unbranched alkanes of at least 4 members (excludes halogenated alkanes) is 56. The van der Waals surface area contributed by atoms with Gasteiger partial charge in [-0.15, -0.1) is 0 Å². The van der Waals surface area contributed by atoms with Gasteiger partial charge in [0, 0.05) is 12.8 Å². The Morgan fingerprint density at radius 3 is 0.871 bits per heavy atom. The fourth-order valence-electron chi connectivity index (χ4n) is 11.7. The summed E-state index contributed by atoms with van der Waals surface area (Å²) in [4.78, 5) is 38.0. The Morgan fingerprint density at radius 1 is 0.353 bits per heavy atom. The Morgan fingerprint density at radius 2 is 0.600 bits per heavy atom. The molecular weight excluding hydrogens is 1070 g/mol. The molecule has 0 N–H and O–H groups in total. The number of hydrogen-bond acceptors (Lipinski definition) is 8. The van der Waals surface area contributed by atoms with Crippen LogP contribution in [-0.4, -0.2) is 70.0 Å². The predicted molar refractivity (Wildman–Crippen MR) is 365 cm³/mol. The molecule has 0 saturated heterocycles. The van der Waals surface area contributed by atoms with E-state index in [-0.39, 0.29) is 32.0 Å². The summed E-state index contributed by atoms with van der Waals surface area (Å²) in [6.07, 6.45) is 83.4. The number of nitrogens with zero attached hydrogens (tertiary/aromatic N) is 1. The first-order chi connectivity index (χ1) is 41.5. The highest BCUT2D eigenvalue weighted by Crippen LogP contribution is 2.38. The fourth-order valence-corrected chi connectivity index (χ4v) is 12.4. The summed E-state index contributed by atoms with van der Waals surface area (Å²) in [5, 5.41) is 0. The van der Waals surface area contributed by atoms with Crippen LogP contribution >= 0.6 is 7.82 Å². The first kappa shape index (κ1) is 83.8. The molecule has 0 aromatic heterocycles. The molecule has 0 amide bonds. The van der Waals surface area contributed by atoms with E-state index < -0.39 is 26.5 Å². The van der Waals surface area contributed by atoms with E-state index in [1.807, 2.05) is 21.1 Å². The average molecular weight is 1220 g/mol. The smallest absolute Gasteiger partial charge is 0.306 e. The Bertz CT molecular complexity index is 1440. The summed E-state index contributed by atoms with van der Waals surface area (Å²) in [5.41, 5.74) is 0. The average Bonchev–Trinajstić information content (AvgIpc) is 3.51. The molecular formula is C75H148NO8P. The molecule has 0 heterocycles. The molecule has 10 heteroatoms. The lowest BCUT2D eigenvalue weighted by Crippen LogP contribution is -2.37. The number of rotatable bonds is 72. The van der Waals surface area contributed by atoms with Crippen molar-refractivity contribution in [1.82, 2.24) is 0 Å². The van der Waals surface area contributed by atoms with E-state index in [9.17, 15) is 19.0 Å². The van der Waals surface area contributed by atoms with Crippen LogP contribution in [0.25, 0.3) is 0 Å². The van der Waals surface area contributed by atoms with E-state index >= 15 is 0 Å². The van der Waals surface area contributed by atoms with Crippen molar-refractivity contribution in [2.24, 2.45) is 0 Å². The molecule has 0 saturated carbocycles. The topological polar surface area (TPSA) is 111 Å². The zero-order chi connectivity index (χ0) is 61.9. The first-order valence-electron chi connectivity index (χ1n) is 37.9. The molecule has 0 rings (SSSR count). The SMILES string of the molecule is CCCCCCCCCC/C=C\CCCCCCCCCCCCCCCCCCCCCCCCCCCCCCCC(=O)OC(COC(=O)CCCCCCCCCCCCCCCCCCCCCC)COP(=O)([O-])OCC[N+](C)(C)C. The van der Waals surface area contributed by atoms with E-state index in [1.165, 1.54) is 340 Å². The van der Waals surface area contributed by atoms with Crippen LogP contribution in [0.4, 0.5) is 0 Å². The normalized spacial score (nSPS) is 13.1. The van der Waals surface area contributed by atoms with Crippen LogP contribution in [0.15, 0.2) is 12.2 Å². The number of quaternary nitrogens is 1. The van der Waals surface area contributed by atoms with Gasteiger partial charge in [0.05, 0.1) is 27.7 Å². The number of carbonyl (C=O) groups is 2. The molecule has 0 radical (unpaired) electrons. The Labute approximate surface area is 530 Å². The van der Waals surface area contributed by atoms with Gasteiger partial charge in [-0.05, 0) is 38.5 Å². The van der Waals surface area contributed by atoms with Crippen LogP contribution in [0.2, 0.25) is 0 Å². The number of phosphoric acid groups is 1. The van der Waals surface area contributed by atoms with Crippen molar-refractivity contribution in [1.29, 1.82) is 0 Å². The maximum absolute atomic E-state index is 12.9. The van der Waals surface area contributed by atoms with Crippen LogP contribution < -0.4 is 4.89 Å². The maximum atomic E-state index is 12.9. The molecule has 506 valence electrons. The van der Waals surface area contributed by atoms with Crippen molar-refractivity contribution in [3.8, 4) is 0 Å². The zero-order valence-corrected chi connectivity index (χ0v) is 58.7. The molecule has 9 nitrogen and oxygen atoms in total. The minimum absolute atomic E-state index is 0.0254. The molecule has 85 heavy (non-hydrogen) atoms. The number of likely N-dealkylation sites (N-methyl/N-ethyl adjacent to an activating group) is 1. The molecule has 0 spiro atoms. The van der Waals surface area contributed by atoms with Gasteiger partial charge in [-0.25, -0.2) is 0 Å². The highest BCUT2D eigenvalue weighted by Gasteiger charge is 2.22. The minimum atomic E-state index is -4.64. The van der Waals surface area contributed by atoms with Crippen molar-refractivity contribution in [2.75, 3.05) is 47.5 Å². The predicted octanol–water partition coefficient (Wildman–Crippen LogP) is 24.0. The largest absolute Gasteiger partial charge is 0.756 e. The van der Waals surface area contributed by atoms with Crippen molar-refractivity contribution >= 4 is 19.8 Å². The Balaban J connectivity index is 3.84. The third kappa shape index (κ3) is 71.7. The van der Waals surface area contributed by atoms with Crippen LogP contribution in [-0.2, 0) is 32.7 Å². The lowest BCUT2D eigenvalue weighted by Gasteiger charge is -2.28. The van der Waals surface area contributed by atoms with Crippen molar-refractivity contribution in [2.45, 2.75) is 412 Å². The van der Waals surface area contributed by atoms with E-state index in [2.05, 4.69) is 26.0 Å². The van der Waals surface area contributed by atoms with Gasteiger partial charge < -0.3 is 27.9 Å². The third-order valence-corrected chi connectivity index (χ3v) is 18.5. The van der Waals surface area contributed by atoms with E-state index in [4.69, 9.17) is 18.5 Å². The molecule has 0 aliphatic rings. The van der Waals surface area contributed by atoms with Crippen molar-refractivity contribution < 1.29 is 42.1 Å². The quantitative estimate of drug-likeness (QED) is 0.0195. The highest BCUT2D eigenvalue weighted by molar-refractivity contribution is 7.45. The van der Waals surface area contributed by atoms with Crippen LogP contribution in [0.3, 0.4) is 0 Å². The zero-order valence-electron chi connectivity index (χ0n) is 57.9. The second-order valence-corrected chi connectivity index (χ2v) is 28.8. The lowest BCUT2D eigenvalue weighted by atomic mass is 10.0. The van der Waals surface area contributed by atoms with Gasteiger partial charge in [0.15, 0.2) is 6.10 Å². The molecule has 0 aliphatic carbocycles. The van der Waals surface area contributed by atoms with Crippen molar-refractivity contribution in [3.05, 3.63) is 12.2 Å². The maximum Gasteiger partial charge on any atom is 0.306 e. The number of phosphoric ester groups is 1. The van der Waals surface area contributed by atoms with Gasteiger partial charge in [0.1, 0.15) is 19.8 Å². The molecule has 0 aromatic carbocycles. The van der Waals surface area contributed by atoms with Gasteiger partial charge in [-0.2, -0.15) is 0 Å². The summed E-state index contributed by atoms with van der Waals surface area (Å²) in [6, 6.07) is 0. The summed E-state index contributed by atoms with van der Waals surface area (Å²) in [5.74, 6) is -0.805. The van der Waals surface area contributed by atoms with Gasteiger partial charge in [-0.3, -0.25) is 14.2 Å². The Kier molecular flexibility index (Phi) is 66.2. The fraction of sp³-hybridized carbons (Fsp3) is 0.947. The standard InChI is InChI=1S/C75H148NO8P/c1-6-8-10-12-14-16-18-20-22-24-26-28-29-30-31-32-33-34-35-36-37-38-39-40-41-42-43-44-45-46-47-48-50-52-54-56-58-60-62-64-66-68-75(78)84-73(72-83-85(79,80)82-70-69-76(3,4)5)71-81-74(77)67-65-63-61-59-57-55-53-51-49-27-25-23-21-19-17-15-13-11-9-7-2/h24,26,73H,6-23,25,27-72H2,1-5H3/b26-24-. The molecule has 0 fully saturated rings. The van der Waals surface area contributed by atoms with E-state index in [1.54, 1.807) is 0 Å². The molecule has 0 aromatic rings. The monoisotopic (exact) mass is 1220 g/mol. The van der Waals surface area contributed by atoms with Crippen LogP contribution in [0, 0.1) is 0 Å². The Hall–Kier alpha value is -1.25. The second-order valence-electron chi connectivity index (χ2n) is 27.4. The lowest BCUT2D eigenvalue weighted by molar-refractivity contribution is -0.870. The third-order valence-electron chi connectivity index (χ3n) is 17.5. The van der Waals surface area contributed by atoms with Crippen molar-refractivity contribution in [3.63, 3.8) is 0 Å². The summed E-state index contributed by atoms with van der Waals surface area (Å²) >= 11 is 0. The minimum Gasteiger partial charge on any atom is -0.756 e. The van der Waals surface area contributed by atoms with Crippen LogP contribution in [0.5, 0.6) is 0 Å². The number of allylic oxidation sites excluding steroid dienone is 2. The summed E-state index contributed by atoms with van der Waals surface area (Å²) in [7, 11) is 1.19. The number of hydrogen-bond donors (Lipinski definition) is 0. The van der Waals surface area contributed by atoms with Crippen LogP contribution in [0.1, 0.15) is 406 Å². The van der Waals surface area contributed by atoms with Gasteiger partial charge in [0.25, 0.3) is 7.82 Å². The highest BCUT2D eigenvalue weighted by atomic mass is 31.2.